The first kappa shape index (κ1) is 18.1. The molecule has 0 spiro atoms. The van der Waals surface area contributed by atoms with Gasteiger partial charge in [-0.15, -0.1) is 0 Å². The van der Waals surface area contributed by atoms with Crippen molar-refractivity contribution in [2.24, 2.45) is 5.92 Å². The van der Waals surface area contributed by atoms with Crippen LogP contribution in [0, 0.1) is 5.92 Å². The van der Waals surface area contributed by atoms with Gasteiger partial charge in [-0.05, 0) is 67.6 Å². The Morgan fingerprint density at radius 3 is 2.70 bits per heavy atom. The second-order valence-electron chi connectivity index (χ2n) is 7.95. The van der Waals surface area contributed by atoms with Crippen LogP contribution in [0.4, 0.5) is 0 Å². The molecule has 3 atom stereocenters. The minimum absolute atomic E-state index is 0.136. The van der Waals surface area contributed by atoms with Gasteiger partial charge in [0.2, 0.25) is 5.91 Å². The van der Waals surface area contributed by atoms with Gasteiger partial charge in [-0.25, -0.2) is 0 Å². The zero-order chi connectivity index (χ0) is 18.8. The maximum Gasteiger partial charge on any atom is 0.223 e. The van der Waals surface area contributed by atoms with E-state index in [9.17, 15) is 4.79 Å². The molecule has 4 rings (SSSR count). The van der Waals surface area contributed by atoms with Crippen LogP contribution in [-0.4, -0.2) is 24.6 Å². The number of ether oxygens (including phenoxy) is 1. The first-order valence-electron chi connectivity index (χ1n) is 9.98. The summed E-state index contributed by atoms with van der Waals surface area (Å²) < 4.78 is 5.78. The molecule has 2 aromatic rings. The molecule has 4 heteroatoms. The molecule has 2 heterocycles. The van der Waals surface area contributed by atoms with Gasteiger partial charge in [-0.1, -0.05) is 30.3 Å². The summed E-state index contributed by atoms with van der Waals surface area (Å²) in [6.07, 6.45) is 3.09. The zero-order valence-electron chi connectivity index (χ0n) is 16.1. The smallest absolute Gasteiger partial charge is 0.223 e. The first-order valence-corrected chi connectivity index (χ1v) is 9.98. The van der Waals surface area contributed by atoms with Crippen LogP contribution in [0.25, 0.3) is 11.1 Å². The average Bonchev–Trinajstić information content (AvgIpc) is 3.05. The predicted molar refractivity (Wildman–Crippen MR) is 108 cm³/mol. The van der Waals surface area contributed by atoms with E-state index < -0.39 is 0 Å². The molecule has 1 saturated heterocycles. The van der Waals surface area contributed by atoms with Crippen LogP contribution in [0.1, 0.15) is 37.8 Å². The van der Waals surface area contributed by atoms with Crippen molar-refractivity contribution in [1.82, 2.24) is 10.6 Å². The topological polar surface area (TPSA) is 50.4 Å². The molecule has 1 amide bonds. The lowest BCUT2D eigenvalue weighted by Crippen LogP contribution is -2.42. The fourth-order valence-electron chi connectivity index (χ4n) is 4.12. The second kappa shape index (κ2) is 7.73. The molecule has 0 bridgehead atoms. The summed E-state index contributed by atoms with van der Waals surface area (Å²) >= 11 is 0. The molecule has 0 aromatic heterocycles. The second-order valence-corrected chi connectivity index (χ2v) is 7.95. The van der Waals surface area contributed by atoms with Crippen molar-refractivity contribution < 1.29 is 9.53 Å². The van der Waals surface area contributed by atoms with Gasteiger partial charge in [0.15, 0.2) is 0 Å². The Balaban J connectivity index is 1.37. The van der Waals surface area contributed by atoms with E-state index in [1.54, 1.807) is 0 Å². The van der Waals surface area contributed by atoms with Crippen molar-refractivity contribution in [3.05, 3.63) is 53.6 Å². The Bertz CT molecular complexity index is 816. The van der Waals surface area contributed by atoms with Crippen LogP contribution in [0.5, 0.6) is 5.75 Å². The van der Waals surface area contributed by atoms with Gasteiger partial charge >= 0.3 is 0 Å². The largest absolute Gasteiger partial charge is 0.490 e. The molecule has 2 N–H and O–H groups in total. The first-order chi connectivity index (χ1) is 13.1. The van der Waals surface area contributed by atoms with Gasteiger partial charge < -0.3 is 15.4 Å². The van der Waals surface area contributed by atoms with Gasteiger partial charge in [0, 0.05) is 24.9 Å². The standard InChI is InChI=1S/C23H28N2O2/c1-15-11-20(9-10-24-15)23(26)25-14-17-3-5-18(6-4-17)19-7-8-22-21(13-19)12-16(2)27-22/h3-8,13,15-16,20,24H,9-12,14H2,1-2H3,(H,25,26)/t15-,16?,20-/m0/s1. The number of carbonyl (C=O) groups is 1. The van der Waals surface area contributed by atoms with E-state index in [0.717, 1.165) is 37.1 Å². The number of fused-ring (bicyclic) bond motifs is 1. The average molecular weight is 364 g/mol. The van der Waals surface area contributed by atoms with Crippen molar-refractivity contribution >= 4 is 5.91 Å². The molecule has 142 valence electrons. The molecular formula is C23H28N2O2. The summed E-state index contributed by atoms with van der Waals surface area (Å²) in [4.78, 5) is 12.4. The van der Waals surface area contributed by atoms with E-state index in [2.05, 4.69) is 66.9 Å². The number of nitrogens with one attached hydrogen (secondary N) is 2. The van der Waals surface area contributed by atoms with Crippen molar-refractivity contribution in [3.63, 3.8) is 0 Å². The maximum atomic E-state index is 12.4. The Kier molecular flexibility index (Phi) is 5.17. The fourth-order valence-corrected chi connectivity index (χ4v) is 4.12. The summed E-state index contributed by atoms with van der Waals surface area (Å²) in [6, 6.07) is 15.3. The number of amides is 1. The number of hydrogen-bond donors (Lipinski definition) is 2. The van der Waals surface area contributed by atoms with E-state index in [1.807, 2.05) is 0 Å². The maximum absolute atomic E-state index is 12.4. The van der Waals surface area contributed by atoms with E-state index in [-0.39, 0.29) is 17.9 Å². The summed E-state index contributed by atoms with van der Waals surface area (Å²) in [5, 5.41) is 6.50. The van der Waals surface area contributed by atoms with E-state index >= 15 is 0 Å². The third kappa shape index (κ3) is 4.16. The fraction of sp³-hybridized carbons (Fsp3) is 0.435. The highest BCUT2D eigenvalue weighted by Gasteiger charge is 2.24. The number of piperidine rings is 1. The molecule has 27 heavy (non-hydrogen) atoms. The van der Waals surface area contributed by atoms with Crippen molar-refractivity contribution in [2.45, 2.75) is 51.8 Å². The summed E-state index contributed by atoms with van der Waals surface area (Å²) in [7, 11) is 0. The lowest BCUT2D eigenvalue weighted by Gasteiger charge is -2.27. The van der Waals surface area contributed by atoms with Crippen LogP contribution in [-0.2, 0) is 17.8 Å². The lowest BCUT2D eigenvalue weighted by atomic mass is 9.92. The molecule has 2 aliphatic heterocycles. The van der Waals surface area contributed by atoms with Crippen LogP contribution in [0.2, 0.25) is 0 Å². The summed E-state index contributed by atoms with van der Waals surface area (Å²) in [5.41, 5.74) is 4.82. The van der Waals surface area contributed by atoms with E-state index in [4.69, 9.17) is 4.74 Å². The summed E-state index contributed by atoms with van der Waals surface area (Å²) in [5.74, 6) is 1.33. The molecule has 0 aliphatic carbocycles. The number of carbonyl (C=O) groups excluding carboxylic acids is 1. The molecule has 4 nitrogen and oxygen atoms in total. The quantitative estimate of drug-likeness (QED) is 0.870. The van der Waals surface area contributed by atoms with Crippen LogP contribution in [0.15, 0.2) is 42.5 Å². The Hall–Kier alpha value is -2.33. The van der Waals surface area contributed by atoms with Crippen molar-refractivity contribution in [2.75, 3.05) is 6.54 Å². The summed E-state index contributed by atoms with van der Waals surface area (Å²) in [6.45, 7) is 5.77. The van der Waals surface area contributed by atoms with Crippen LogP contribution < -0.4 is 15.4 Å². The Morgan fingerprint density at radius 2 is 1.93 bits per heavy atom. The van der Waals surface area contributed by atoms with Crippen LogP contribution in [0.3, 0.4) is 0 Å². The molecule has 0 saturated carbocycles. The molecular weight excluding hydrogens is 336 g/mol. The predicted octanol–water partition coefficient (Wildman–Crippen LogP) is 3.68. The van der Waals surface area contributed by atoms with E-state index in [0.29, 0.717) is 12.6 Å². The van der Waals surface area contributed by atoms with Gasteiger partial charge in [0.25, 0.3) is 0 Å². The van der Waals surface area contributed by atoms with E-state index in [1.165, 1.54) is 16.7 Å². The minimum Gasteiger partial charge on any atom is -0.490 e. The van der Waals surface area contributed by atoms with Gasteiger partial charge in [-0.3, -0.25) is 4.79 Å². The van der Waals surface area contributed by atoms with Gasteiger partial charge in [0.1, 0.15) is 11.9 Å². The Labute approximate surface area is 161 Å². The highest BCUT2D eigenvalue weighted by Crippen LogP contribution is 2.32. The van der Waals surface area contributed by atoms with Gasteiger partial charge in [0.05, 0.1) is 0 Å². The highest BCUT2D eigenvalue weighted by atomic mass is 16.5. The molecule has 1 fully saturated rings. The number of hydrogen-bond acceptors (Lipinski definition) is 3. The number of rotatable bonds is 4. The van der Waals surface area contributed by atoms with Crippen molar-refractivity contribution in [3.8, 4) is 16.9 Å². The lowest BCUT2D eigenvalue weighted by molar-refractivity contribution is -0.126. The third-order valence-electron chi connectivity index (χ3n) is 5.64. The van der Waals surface area contributed by atoms with Crippen molar-refractivity contribution in [1.29, 1.82) is 0 Å². The normalized spacial score (nSPS) is 24.1. The van der Waals surface area contributed by atoms with Crippen LogP contribution >= 0.6 is 0 Å². The SMILES string of the molecule is CC1Cc2cc(-c3ccc(CNC(=O)[C@H]4CCN[C@@H](C)C4)cc3)ccc2O1. The molecule has 0 radical (unpaired) electrons. The molecule has 2 aromatic carbocycles. The zero-order valence-corrected chi connectivity index (χ0v) is 16.1. The monoisotopic (exact) mass is 364 g/mol. The third-order valence-corrected chi connectivity index (χ3v) is 5.64. The highest BCUT2D eigenvalue weighted by molar-refractivity contribution is 5.78. The number of benzene rings is 2. The van der Waals surface area contributed by atoms with Gasteiger partial charge in [-0.2, -0.15) is 0 Å². The molecule has 2 aliphatic rings. The Morgan fingerprint density at radius 1 is 1.15 bits per heavy atom. The molecule has 1 unspecified atom stereocenters. The minimum atomic E-state index is 0.136.